The van der Waals surface area contributed by atoms with E-state index in [1.54, 1.807) is 12.1 Å². The Balaban J connectivity index is 2.09. The molecule has 1 aliphatic rings. The van der Waals surface area contributed by atoms with Gasteiger partial charge < -0.3 is 5.11 Å². The van der Waals surface area contributed by atoms with E-state index in [2.05, 4.69) is 0 Å². The third-order valence-corrected chi connectivity index (χ3v) is 2.34. The fourth-order valence-corrected chi connectivity index (χ4v) is 1.50. The van der Waals surface area contributed by atoms with Crippen LogP contribution in [0.2, 0.25) is 0 Å². The topological polar surface area (TPSA) is 49.8 Å². The van der Waals surface area contributed by atoms with Crippen molar-refractivity contribution in [3.05, 3.63) is 29.8 Å². The zero-order chi connectivity index (χ0) is 10.7. The highest BCUT2D eigenvalue weighted by Crippen LogP contribution is 2.14. The molecule has 0 radical (unpaired) electrons. The largest absolute Gasteiger partial charge is 0.508 e. The van der Waals surface area contributed by atoms with E-state index in [0.717, 1.165) is 12.8 Å². The second-order valence-electron chi connectivity index (χ2n) is 3.49. The van der Waals surface area contributed by atoms with Gasteiger partial charge in [0.1, 0.15) is 5.75 Å². The monoisotopic (exact) mass is 207 g/mol. The van der Waals surface area contributed by atoms with Crippen molar-refractivity contribution in [3.63, 3.8) is 0 Å². The summed E-state index contributed by atoms with van der Waals surface area (Å²) in [6, 6.07) is 6.18. The number of carbonyl (C=O) groups is 1. The molecule has 0 atom stereocenters. The summed E-state index contributed by atoms with van der Waals surface area (Å²) in [5.74, 6) is 0.0146. The van der Waals surface area contributed by atoms with Crippen LogP contribution in [0.15, 0.2) is 24.3 Å². The lowest BCUT2D eigenvalue weighted by Crippen LogP contribution is -2.35. The number of hydrogen-bond donors (Lipinski definition) is 1. The molecule has 1 saturated heterocycles. The number of hydroxylamine groups is 2. The molecular weight excluding hydrogens is 194 g/mol. The predicted molar refractivity (Wildman–Crippen MR) is 54.3 cm³/mol. The lowest BCUT2D eigenvalue weighted by molar-refractivity contribution is -0.144. The third-order valence-electron chi connectivity index (χ3n) is 2.34. The summed E-state index contributed by atoms with van der Waals surface area (Å²) in [6.07, 6.45) is 1.98. The van der Waals surface area contributed by atoms with Crippen molar-refractivity contribution < 1.29 is 14.7 Å². The minimum atomic E-state index is -0.144. The van der Waals surface area contributed by atoms with Gasteiger partial charge in [0.2, 0.25) is 0 Å². The van der Waals surface area contributed by atoms with Crippen LogP contribution in [0.25, 0.3) is 0 Å². The van der Waals surface area contributed by atoms with Crippen LogP contribution in [0.4, 0.5) is 0 Å². The van der Waals surface area contributed by atoms with E-state index < -0.39 is 0 Å². The van der Waals surface area contributed by atoms with Crippen LogP contribution < -0.4 is 0 Å². The number of hydrogen-bond acceptors (Lipinski definition) is 3. The Labute approximate surface area is 88.0 Å². The Morgan fingerprint density at radius 2 is 2.00 bits per heavy atom. The Morgan fingerprint density at radius 1 is 1.27 bits per heavy atom. The number of benzene rings is 1. The molecule has 0 aliphatic carbocycles. The number of nitrogens with zero attached hydrogens (tertiary/aromatic N) is 1. The molecule has 1 aromatic carbocycles. The zero-order valence-corrected chi connectivity index (χ0v) is 8.35. The molecule has 80 valence electrons. The van der Waals surface area contributed by atoms with E-state index in [0.29, 0.717) is 18.7 Å². The van der Waals surface area contributed by atoms with E-state index in [1.165, 1.54) is 17.2 Å². The SMILES string of the molecule is O=C(c1ccc(O)cc1)N1CCCCO1. The van der Waals surface area contributed by atoms with Gasteiger partial charge in [-0.1, -0.05) is 0 Å². The fourth-order valence-electron chi connectivity index (χ4n) is 1.50. The quantitative estimate of drug-likeness (QED) is 0.760. The van der Waals surface area contributed by atoms with Gasteiger partial charge in [-0.2, -0.15) is 0 Å². The van der Waals surface area contributed by atoms with Gasteiger partial charge in [0.15, 0.2) is 0 Å². The fraction of sp³-hybridized carbons (Fsp3) is 0.364. The van der Waals surface area contributed by atoms with E-state index in [9.17, 15) is 4.79 Å². The molecule has 0 bridgehead atoms. The number of carbonyl (C=O) groups excluding carboxylic acids is 1. The summed E-state index contributed by atoms with van der Waals surface area (Å²) in [7, 11) is 0. The first-order chi connectivity index (χ1) is 7.27. The van der Waals surface area contributed by atoms with Crippen LogP contribution in [-0.2, 0) is 4.84 Å². The van der Waals surface area contributed by atoms with E-state index >= 15 is 0 Å². The summed E-state index contributed by atoms with van der Waals surface area (Å²) >= 11 is 0. The number of rotatable bonds is 1. The highest BCUT2D eigenvalue weighted by molar-refractivity contribution is 5.93. The number of phenols is 1. The molecule has 15 heavy (non-hydrogen) atoms. The van der Waals surface area contributed by atoms with Crippen molar-refractivity contribution in [3.8, 4) is 5.75 Å². The molecule has 0 saturated carbocycles. The van der Waals surface area contributed by atoms with Crippen molar-refractivity contribution >= 4 is 5.91 Å². The Morgan fingerprint density at radius 3 is 2.60 bits per heavy atom. The first kappa shape index (κ1) is 9.98. The third kappa shape index (κ3) is 2.27. The molecule has 1 aliphatic heterocycles. The van der Waals surface area contributed by atoms with Crippen molar-refractivity contribution in [2.24, 2.45) is 0 Å². The van der Waals surface area contributed by atoms with Crippen molar-refractivity contribution in [1.82, 2.24) is 5.06 Å². The van der Waals surface area contributed by atoms with Crippen molar-refractivity contribution in [2.45, 2.75) is 12.8 Å². The highest BCUT2D eigenvalue weighted by Gasteiger charge is 2.18. The molecule has 2 rings (SSSR count). The van der Waals surface area contributed by atoms with E-state index in [1.807, 2.05) is 0 Å². The van der Waals surface area contributed by atoms with Crippen LogP contribution in [0.1, 0.15) is 23.2 Å². The minimum Gasteiger partial charge on any atom is -0.508 e. The molecule has 0 spiro atoms. The van der Waals surface area contributed by atoms with Crippen molar-refractivity contribution in [2.75, 3.05) is 13.2 Å². The summed E-state index contributed by atoms with van der Waals surface area (Å²) in [4.78, 5) is 17.1. The van der Waals surface area contributed by atoms with Gasteiger partial charge in [-0.05, 0) is 37.1 Å². The minimum absolute atomic E-state index is 0.144. The normalized spacial score (nSPS) is 16.4. The summed E-state index contributed by atoms with van der Waals surface area (Å²) in [5, 5.41) is 10.5. The second-order valence-corrected chi connectivity index (χ2v) is 3.49. The van der Waals surface area contributed by atoms with Crippen LogP contribution in [-0.4, -0.2) is 29.2 Å². The van der Waals surface area contributed by atoms with Crippen LogP contribution in [0.3, 0.4) is 0 Å². The van der Waals surface area contributed by atoms with E-state index in [-0.39, 0.29) is 11.7 Å². The van der Waals surface area contributed by atoms with Gasteiger partial charge in [-0.3, -0.25) is 9.63 Å². The maximum absolute atomic E-state index is 11.8. The molecule has 1 fully saturated rings. The van der Waals surface area contributed by atoms with Crippen LogP contribution in [0, 0.1) is 0 Å². The first-order valence-corrected chi connectivity index (χ1v) is 5.01. The maximum Gasteiger partial charge on any atom is 0.277 e. The Hall–Kier alpha value is -1.55. The number of phenolic OH excluding ortho intramolecular Hbond substituents is 1. The van der Waals surface area contributed by atoms with Crippen molar-refractivity contribution in [1.29, 1.82) is 0 Å². The summed E-state index contributed by atoms with van der Waals surface area (Å²) in [5.41, 5.74) is 0.537. The van der Waals surface area contributed by atoms with Crippen LogP contribution in [0.5, 0.6) is 5.75 Å². The first-order valence-electron chi connectivity index (χ1n) is 5.01. The molecule has 1 N–H and O–H groups in total. The molecule has 4 heteroatoms. The Kier molecular flexibility index (Phi) is 2.87. The van der Waals surface area contributed by atoms with Gasteiger partial charge in [0, 0.05) is 12.1 Å². The average molecular weight is 207 g/mol. The zero-order valence-electron chi connectivity index (χ0n) is 8.35. The molecular formula is C11H13NO3. The van der Waals surface area contributed by atoms with Crippen LogP contribution >= 0.6 is 0 Å². The average Bonchev–Trinajstić information content (AvgIpc) is 2.30. The maximum atomic E-state index is 11.8. The predicted octanol–water partition coefficient (Wildman–Crippen LogP) is 1.56. The summed E-state index contributed by atoms with van der Waals surface area (Å²) < 4.78 is 0. The Bertz CT molecular complexity index is 341. The van der Waals surface area contributed by atoms with Gasteiger partial charge in [-0.15, -0.1) is 0 Å². The smallest absolute Gasteiger partial charge is 0.277 e. The van der Waals surface area contributed by atoms with Gasteiger partial charge in [-0.25, -0.2) is 5.06 Å². The van der Waals surface area contributed by atoms with Gasteiger partial charge >= 0.3 is 0 Å². The van der Waals surface area contributed by atoms with E-state index in [4.69, 9.17) is 9.94 Å². The second kappa shape index (κ2) is 4.31. The molecule has 1 aromatic rings. The molecule has 0 unspecified atom stereocenters. The standard InChI is InChI=1S/C11H13NO3/c13-10-5-3-9(4-6-10)11(14)12-7-1-2-8-15-12/h3-6,13H,1-2,7-8H2. The number of amides is 1. The lowest BCUT2D eigenvalue weighted by Gasteiger charge is -2.25. The molecule has 0 aromatic heterocycles. The highest BCUT2D eigenvalue weighted by atomic mass is 16.7. The number of aromatic hydroxyl groups is 1. The van der Waals surface area contributed by atoms with Gasteiger partial charge in [0.25, 0.3) is 5.91 Å². The molecule has 1 amide bonds. The summed E-state index contributed by atoms with van der Waals surface area (Å²) in [6.45, 7) is 1.24. The lowest BCUT2D eigenvalue weighted by atomic mass is 10.2. The van der Waals surface area contributed by atoms with Gasteiger partial charge in [0.05, 0.1) is 6.61 Å². The molecule has 1 heterocycles. The molecule has 4 nitrogen and oxygen atoms in total.